The van der Waals surface area contributed by atoms with Crippen LogP contribution < -0.4 is 0 Å². The predicted octanol–water partition coefficient (Wildman–Crippen LogP) is 4.49. The van der Waals surface area contributed by atoms with Gasteiger partial charge in [0.05, 0.1) is 30.1 Å². The number of rotatable bonds is 2. The number of aromatic nitrogens is 1. The molecule has 1 aliphatic carbocycles. The van der Waals surface area contributed by atoms with Crippen LogP contribution in [-0.2, 0) is 11.2 Å². The van der Waals surface area contributed by atoms with Gasteiger partial charge in [-0.2, -0.15) is 0 Å². The zero-order chi connectivity index (χ0) is 16.5. The second kappa shape index (κ2) is 5.96. The highest BCUT2D eigenvalue weighted by molar-refractivity contribution is 6.06. The monoisotopic (exact) mass is 319 g/mol. The van der Waals surface area contributed by atoms with Crippen molar-refractivity contribution in [2.24, 2.45) is 0 Å². The smallest absolute Gasteiger partial charge is 0.338 e. The topological polar surface area (TPSA) is 52.3 Å². The van der Waals surface area contributed by atoms with E-state index in [1.807, 2.05) is 42.5 Å². The van der Waals surface area contributed by atoms with Crippen LogP contribution in [0.4, 0.5) is 0 Å². The van der Waals surface area contributed by atoms with Gasteiger partial charge in [-0.25, -0.2) is 9.78 Å². The van der Waals surface area contributed by atoms with Gasteiger partial charge in [0.2, 0.25) is 0 Å². The lowest BCUT2D eigenvalue weighted by Crippen LogP contribution is -2.14. The maximum Gasteiger partial charge on any atom is 0.338 e. The van der Waals surface area contributed by atoms with E-state index < -0.39 is 0 Å². The molecule has 3 aromatic rings. The Bertz CT molecular complexity index is 939. The molecule has 0 spiro atoms. The van der Waals surface area contributed by atoms with Crippen molar-refractivity contribution in [1.82, 2.24) is 4.98 Å². The first kappa shape index (κ1) is 14.7. The average Bonchev–Trinajstić information content (AvgIpc) is 3.12. The van der Waals surface area contributed by atoms with Crippen LogP contribution in [0.3, 0.4) is 0 Å². The van der Waals surface area contributed by atoms with Crippen LogP contribution in [0.2, 0.25) is 0 Å². The zero-order valence-corrected chi connectivity index (χ0v) is 13.4. The van der Waals surface area contributed by atoms with Crippen LogP contribution >= 0.6 is 0 Å². The number of carbonyl (C=O) groups is 1. The molecule has 2 heterocycles. The van der Waals surface area contributed by atoms with E-state index >= 15 is 0 Å². The molecule has 1 aromatic carbocycles. The maximum atomic E-state index is 12.4. The van der Waals surface area contributed by atoms with Crippen molar-refractivity contribution in [2.75, 3.05) is 7.11 Å². The predicted molar refractivity (Wildman–Crippen MR) is 92.6 cm³/mol. The molecule has 120 valence electrons. The highest BCUT2D eigenvalue weighted by Gasteiger charge is 2.25. The summed E-state index contributed by atoms with van der Waals surface area (Å²) in [5, 5.41) is 0.849. The van der Waals surface area contributed by atoms with Gasteiger partial charge < -0.3 is 9.15 Å². The summed E-state index contributed by atoms with van der Waals surface area (Å²) in [5.74, 6) is 0.497. The lowest BCUT2D eigenvalue weighted by molar-refractivity contribution is 0.0601. The molecule has 4 nitrogen and oxygen atoms in total. The zero-order valence-electron chi connectivity index (χ0n) is 13.4. The molecule has 0 unspecified atom stereocenters. The Kier molecular flexibility index (Phi) is 3.65. The second-order valence-electron chi connectivity index (χ2n) is 5.86. The molecular weight excluding hydrogens is 302 g/mol. The normalized spacial score (nSPS) is 15.5. The molecule has 0 saturated carbocycles. The fourth-order valence-electron chi connectivity index (χ4n) is 3.36. The highest BCUT2D eigenvalue weighted by Crippen LogP contribution is 2.36. The second-order valence-corrected chi connectivity index (χ2v) is 5.86. The van der Waals surface area contributed by atoms with E-state index in [0.717, 1.165) is 52.8 Å². The third-order valence-corrected chi connectivity index (χ3v) is 4.42. The summed E-state index contributed by atoms with van der Waals surface area (Å²) in [7, 11) is 1.42. The number of fused-ring (bicyclic) bond motifs is 2. The Hall–Kier alpha value is -2.88. The lowest BCUT2D eigenvalue weighted by atomic mass is 9.86. The Morgan fingerprint density at radius 3 is 2.88 bits per heavy atom. The van der Waals surface area contributed by atoms with Crippen molar-refractivity contribution in [2.45, 2.75) is 19.3 Å². The van der Waals surface area contributed by atoms with Crippen LogP contribution in [-0.4, -0.2) is 18.1 Å². The van der Waals surface area contributed by atoms with Gasteiger partial charge in [-0.15, -0.1) is 0 Å². The minimum absolute atomic E-state index is 0.302. The summed E-state index contributed by atoms with van der Waals surface area (Å²) in [4.78, 5) is 17.3. The van der Waals surface area contributed by atoms with Gasteiger partial charge >= 0.3 is 5.97 Å². The van der Waals surface area contributed by atoms with E-state index in [1.54, 1.807) is 6.26 Å². The molecule has 24 heavy (non-hydrogen) atoms. The molecule has 1 aliphatic rings. The number of furan rings is 1. The number of hydrogen-bond acceptors (Lipinski definition) is 4. The molecule has 4 rings (SSSR count). The van der Waals surface area contributed by atoms with Crippen molar-refractivity contribution in [3.05, 3.63) is 65.2 Å². The number of methoxy groups -OCH3 is 1. The fraction of sp³-hybridized carbons (Fsp3) is 0.200. The maximum absolute atomic E-state index is 12.4. The number of nitrogens with zero attached hydrogens (tertiary/aromatic N) is 1. The summed E-state index contributed by atoms with van der Waals surface area (Å²) in [6, 6.07) is 11.5. The molecule has 4 heteroatoms. The van der Waals surface area contributed by atoms with Crippen molar-refractivity contribution in [3.63, 3.8) is 0 Å². The molecule has 0 aliphatic heterocycles. The Balaban J connectivity index is 1.99. The molecule has 0 N–H and O–H groups in total. The van der Waals surface area contributed by atoms with E-state index in [0.29, 0.717) is 5.56 Å². The first-order valence-electron chi connectivity index (χ1n) is 8.02. The summed E-state index contributed by atoms with van der Waals surface area (Å²) < 4.78 is 10.5. The number of ether oxygens (including phenoxy) is 1. The van der Waals surface area contributed by atoms with Crippen LogP contribution in [0.5, 0.6) is 0 Å². The lowest BCUT2D eigenvalue weighted by Gasteiger charge is -2.21. The van der Waals surface area contributed by atoms with Crippen molar-refractivity contribution < 1.29 is 13.9 Å². The van der Waals surface area contributed by atoms with Gasteiger partial charge in [-0.3, -0.25) is 0 Å². The van der Waals surface area contributed by atoms with Crippen molar-refractivity contribution in [1.29, 1.82) is 0 Å². The van der Waals surface area contributed by atoms with E-state index in [9.17, 15) is 4.79 Å². The van der Waals surface area contributed by atoms with Gasteiger partial charge in [0.15, 0.2) is 0 Å². The summed E-state index contributed by atoms with van der Waals surface area (Å²) in [6.45, 7) is 0. The minimum atomic E-state index is -0.302. The molecular formula is C20H17NO3. The van der Waals surface area contributed by atoms with Gasteiger partial charge in [0, 0.05) is 5.39 Å². The molecule has 0 atom stereocenters. The van der Waals surface area contributed by atoms with Crippen LogP contribution in [0.15, 0.2) is 47.1 Å². The fourth-order valence-corrected chi connectivity index (χ4v) is 3.36. The summed E-state index contributed by atoms with van der Waals surface area (Å²) in [5.41, 5.74) is 4.41. The summed E-state index contributed by atoms with van der Waals surface area (Å²) >= 11 is 0. The highest BCUT2D eigenvalue weighted by atomic mass is 16.5. The minimum Gasteiger partial charge on any atom is -0.465 e. The first-order chi connectivity index (χ1) is 11.8. The molecule has 0 bridgehead atoms. The Morgan fingerprint density at radius 1 is 1.21 bits per heavy atom. The number of pyridine rings is 1. The Morgan fingerprint density at radius 2 is 2.08 bits per heavy atom. The number of benzene rings is 1. The first-order valence-corrected chi connectivity index (χ1v) is 8.02. The number of para-hydroxylation sites is 1. The van der Waals surface area contributed by atoms with Gasteiger partial charge in [0.25, 0.3) is 0 Å². The molecule has 0 saturated heterocycles. The van der Waals surface area contributed by atoms with Crippen molar-refractivity contribution >= 4 is 28.5 Å². The van der Waals surface area contributed by atoms with Crippen LogP contribution in [0.25, 0.3) is 22.6 Å². The van der Waals surface area contributed by atoms with Gasteiger partial charge in [-0.1, -0.05) is 18.2 Å². The van der Waals surface area contributed by atoms with Crippen LogP contribution in [0.1, 0.15) is 40.2 Å². The van der Waals surface area contributed by atoms with E-state index in [1.165, 1.54) is 7.11 Å². The van der Waals surface area contributed by atoms with E-state index in [4.69, 9.17) is 14.1 Å². The third-order valence-electron chi connectivity index (χ3n) is 4.42. The molecule has 0 amide bonds. The summed E-state index contributed by atoms with van der Waals surface area (Å²) in [6.07, 6.45) is 6.39. The Labute approximate surface area is 139 Å². The average molecular weight is 319 g/mol. The van der Waals surface area contributed by atoms with E-state index in [2.05, 4.69) is 0 Å². The van der Waals surface area contributed by atoms with Crippen molar-refractivity contribution in [3.8, 4) is 0 Å². The largest absolute Gasteiger partial charge is 0.465 e. The number of carbonyl (C=O) groups excluding carboxylic acids is 1. The standard InChI is InChI=1S/C20H17NO3/c1-23-20(22)18-15-8-2-3-10-17(15)21-19-13(6-4-9-16(18)19)12-14-7-5-11-24-14/h2-3,5,7-8,10-12H,4,6,9H2,1H3/b13-12+. The molecule has 0 fully saturated rings. The van der Waals surface area contributed by atoms with Crippen LogP contribution in [0, 0.1) is 0 Å². The quantitative estimate of drug-likeness (QED) is 0.653. The number of esters is 1. The molecule has 0 radical (unpaired) electrons. The number of hydrogen-bond donors (Lipinski definition) is 0. The SMILES string of the molecule is COC(=O)c1c2c(nc3ccccc13)/C(=C/c1ccco1)CCC2. The third kappa shape index (κ3) is 2.40. The van der Waals surface area contributed by atoms with Gasteiger partial charge in [-0.05, 0) is 54.7 Å². The molecule has 2 aromatic heterocycles. The van der Waals surface area contributed by atoms with Gasteiger partial charge in [0.1, 0.15) is 5.76 Å². The number of allylic oxidation sites excluding steroid dienone is 1. The van der Waals surface area contributed by atoms with E-state index in [-0.39, 0.29) is 5.97 Å².